The van der Waals surface area contributed by atoms with E-state index in [2.05, 4.69) is 22.9 Å². The lowest BCUT2D eigenvalue weighted by molar-refractivity contribution is 1.39. The summed E-state index contributed by atoms with van der Waals surface area (Å²) in [5, 5.41) is 1.14. The Bertz CT molecular complexity index is 489. The monoisotopic (exact) mass is 167 g/mol. The van der Waals surface area contributed by atoms with E-state index in [9.17, 15) is 0 Å². The maximum Gasteiger partial charge on any atom is 0.0702 e. The van der Waals surface area contributed by atoms with E-state index < -0.39 is 0 Å². The van der Waals surface area contributed by atoms with E-state index in [0.29, 0.717) is 0 Å². The minimum atomic E-state index is 0.973. The number of hydrogen-bond donors (Lipinski definition) is 0. The third-order valence-corrected chi connectivity index (χ3v) is 1.86. The summed E-state index contributed by atoms with van der Waals surface area (Å²) < 4.78 is 0. The summed E-state index contributed by atoms with van der Waals surface area (Å²) in [6.45, 7) is 1.83. The fourth-order valence-corrected chi connectivity index (χ4v) is 1.28. The van der Waals surface area contributed by atoms with Crippen molar-refractivity contribution in [3.8, 4) is 11.8 Å². The molecule has 0 aliphatic heterocycles. The van der Waals surface area contributed by atoms with Gasteiger partial charge in [-0.25, -0.2) is 0 Å². The van der Waals surface area contributed by atoms with Crippen LogP contribution in [0.2, 0.25) is 0 Å². The van der Waals surface area contributed by atoms with Crippen molar-refractivity contribution in [3.63, 3.8) is 0 Å². The van der Waals surface area contributed by atoms with Crippen molar-refractivity contribution < 1.29 is 0 Å². The average Bonchev–Trinajstić information content (AvgIpc) is 2.18. The molecule has 0 bridgehead atoms. The van der Waals surface area contributed by atoms with Gasteiger partial charge in [0.2, 0.25) is 0 Å². The Hall–Kier alpha value is -1.81. The van der Waals surface area contributed by atoms with Gasteiger partial charge in [0, 0.05) is 17.1 Å². The van der Waals surface area contributed by atoms with Gasteiger partial charge < -0.3 is 0 Å². The molecule has 2 aromatic rings. The Morgan fingerprint density at radius 3 is 2.92 bits per heavy atom. The smallest absolute Gasteiger partial charge is 0.0702 e. The number of nitrogens with zero attached hydrogens (tertiary/aromatic N) is 1. The molecule has 62 valence electrons. The molecule has 0 atom stereocenters. The topological polar surface area (TPSA) is 12.9 Å². The molecule has 13 heavy (non-hydrogen) atoms. The molecule has 0 unspecified atom stereocenters. The van der Waals surface area contributed by atoms with Crippen LogP contribution in [0.3, 0.4) is 0 Å². The number of aromatic nitrogens is 1. The molecule has 0 aliphatic carbocycles. The van der Waals surface area contributed by atoms with Gasteiger partial charge in [-0.1, -0.05) is 24.1 Å². The van der Waals surface area contributed by atoms with Crippen molar-refractivity contribution in [2.45, 2.75) is 6.92 Å². The zero-order valence-corrected chi connectivity index (χ0v) is 7.41. The summed E-state index contributed by atoms with van der Waals surface area (Å²) in [6.07, 6.45) is 1.80. The molecular formula is C12H9N. The second-order valence-electron chi connectivity index (χ2n) is 2.79. The fourth-order valence-electron chi connectivity index (χ4n) is 1.28. The summed E-state index contributed by atoms with van der Waals surface area (Å²) in [7, 11) is 0. The van der Waals surface area contributed by atoms with Crippen LogP contribution in [0.25, 0.3) is 10.9 Å². The molecule has 0 saturated carbocycles. The molecule has 1 aromatic heterocycles. The van der Waals surface area contributed by atoms with Gasteiger partial charge in [0.25, 0.3) is 0 Å². The van der Waals surface area contributed by atoms with Crippen LogP contribution in [0.1, 0.15) is 12.5 Å². The Morgan fingerprint density at radius 1 is 1.23 bits per heavy atom. The standard InChI is InChI=1S/C12H9N/c1-2-5-10-8-11-6-3-4-7-12(11)13-9-10/h3-4,6-9H,1H3. The minimum absolute atomic E-state index is 0.973. The Kier molecular flexibility index (Phi) is 1.97. The summed E-state index contributed by atoms with van der Waals surface area (Å²) in [4.78, 5) is 4.30. The first-order valence-electron chi connectivity index (χ1n) is 4.18. The third-order valence-electron chi connectivity index (χ3n) is 1.86. The Balaban J connectivity index is 2.66. The molecule has 0 fully saturated rings. The summed E-state index contributed by atoms with van der Waals surface area (Å²) in [5.74, 6) is 5.85. The van der Waals surface area contributed by atoms with Crippen LogP contribution in [0, 0.1) is 11.8 Å². The van der Waals surface area contributed by atoms with E-state index in [4.69, 9.17) is 0 Å². The highest BCUT2D eigenvalue weighted by atomic mass is 14.6. The number of para-hydroxylation sites is 1. The summed E-state index contributed by atoms with van der Waals surface area (Å²) >= 11 is 0. The lowest BCUT2D eigenvalue weighted by Crippen LogP contribution is -1.80. The van der Waals surface area contributed by atoms with E-state index in [0.717, 1.165) is 16.5 Å². The molecule has 1 heteroatoms. The van der Waals surface area contributed by atoms with Crippen LogP contribution in [0.4, 0.5) is 0 Å². The largest absolute Gasteiger partial charge is 0.255 e. The first-order valence-corrected chi connectivity index (χ1v) is 4.18. The van der Waals surface area contributed by atoms with Gasteiger partial charge >= 0.3 is 0 Å². The SMILES string of the molecule is CC#Cc1cnc2ccccc2c1. The zero-order valence-electron chi connectivity index (χ0n) is 7.41. The molecule has 0 spiro atoms. The zero-order chi connectivity index (χ0) is 9.10. The van der Waals surface area contributed by atoms with Gasteiger partial charge in [-0.2, -0.15) is 0 Å². The summed E-state index contributed by atoms with van der Waals surface area (Å²) in [5.41, 5.74) is 1.99. The lowest BCUT2D eigenvalue weighted by atomic mass is 10.2. The maximum atomic E-state index is 4.30. The average molecular weight is 167 g/mol. The second-order valence-corrected chi connectivity index (χ2v) is 2.79. The van der Waals surface area contributed by atoms with Crippen LogP contribution >= 0.6 is 0 Å². The van der Waals surface area contributed by atoms with Gasteiger partial charge in [0.1, 0.15) is 0 Å². The van der Waals surface area contributed by atoms with Gasteiger partial charge in [-0.15, -0.1) is 5.92 Å². The third kappa shape index (κ3) is 1.52. The molecule has 1 nitrogen and oxygen atoms in total. The molecule has 0 N–H and O–H groups in total. The molecule has 0 aliphatic rings. The van der Waals surface area contributed by atoms with Crippen LogP contribution in [0.5, 0.6) is 0 Å². The fraction of sp³-hybridized carbons (Fsp3) is 0.0833. The molecule has 0 radical (unpaired) electrons. The molecule has 1 aromatic carbocycles. The number of fused-ring (bicyclic) bond motifs is 1. The highest BCUT2D eigenvalue weighted by Gasteiger charge is 1.93. The normalized spacial score (nSPS) is 9.31. The first kappa shape index (κ1) is 7.82. The maximum absolute atomic E-state index is 4.30. The van der Waals surface area contributed by atoms with Crippen LogP contribution in [-0.4, -0.2) is 4.98 Å². The second kappa shape index (κ2) is 3.28. The number of pyridine rings is 1. The number of benzene rings is 1. The first-order chi connectivity index (χ1) is 6.40. The number of rotatable bonds is 0. The van der Waals surface area contributed by atoms with Crippen molar-refractivity contribution in [1.29, 1.82) is 0 Å². The van der Waals surface area contributed by atoms with Crippen molar-refractivity contribution >= 4 is 10.9 Å². The Morgan fingerprint density at radius 2 is 2.08 bits per heavy atom. The van der Waals surface area contributed by atoms with E-state index >= 15 is 0 Å². The Labute approximate surface area is 77.4 Å². The molecule has 1 heterocycles. The van der Waals surface area contributed by atoms with E-state index in [1.807, 2.05) is 31.2 Å². The van der Waals surface area contributed by atoms with E-state index in [1.54, 1.807) is 6.20 Å². The van der Waals surface area contributed by atoms with Crippen LogP contribution < -0.4 is 0 Å². The van der Waals surface area contributed by atoms with Crippen molar-refractivity contribution in [1.82, 2.24) is 4.98 Å². The number of hydrogen-bond acceptors (Lipinski definition) is 1. The van der Waals surface area contributed by atoms with Crippen LogP contribution in [-0.2, 0) is 0 Å². The van der Waals surface area contributed by atoms with Gasteiger partial charge in [-0.05, 0) is 19.1 Å². The quantitative estimate of drug-likeness (QED) is 0.549. The van der Waals surface area contributed by atoms with Gasteiger partial charge in [0.05, 0.1) is 5.52 Å². The molecule has 0 saturated heterocycles. The van der Waals surface area contributed by atoms with Gasteiger partial charge in [0.15, 0.2) is 0 Å². The predicted octanol–water partition coefficient (Wildman–Crippen LogP) is 2.61. The summed E-state index contributed by atoms with van der Waals surface area (Å²) in [6, 6.07) is 10.1. The highest BCUT2D eigenvalue weighted by Crippen LogP contribution is 2.11. The van der Waals surface area contributed by atoms with Gasteiger partial charge in [-0.3, -0.25) is 4.98 Å². The minimum Gasteiger partial charge on any atom is -0.255 e. The highest BCUT2D eigenvalue weighted by molar-refractivity contribution is 5.79. The molecule has 2 rings (SSSR count). The van der Waals surface area contributed by atoms with E-state index in [1.165, 1.54) is 0 Å². The van der Waals surface area contributed by atoms with Crippen molar-refractivity contribution in [2.24, 2.45) is 0 Å². The van der Waals surface area contributed by atoms with Crippen LogP contribution in [0.15, 0.2) is 36.5 Å². The predicted molar refractivity (Wildman–Crippen MR) is 54.3 cm³/mol. The molecule has 0 amide bonds. The van der Waals surface area contributed by atoms with Crippen molar-refractivity contribution in [3.05, 3.63) is 42.1 Å². The molecular weight excluding hydrogens is 158 g/mol. The lowest BCUT2D eigenvalue weighted by Gasteiger charge is -1.95. The van der Waals surface area contributed by atoms with E-state index in [-0.39, 0.29) is 0 Å². The van der Waals surface area contributed by atoms with Crippen molar-refractivity contribution in [2.75, 3.05) is 0 Å².